The summed E-state index contributed by atoms with van der Waals surface area (Å²) >= 11 is 12.0. The summed E-state index contributed by atoms with van der Waals surface area (Å²) in [5.41, 5.74) is 1.28. The van der Waals surface area contributed by atoms with Gasteiger partial charge < -0.3 is 15.5 Å². The second kappa shape index (κ2) is 10.5. The molecule has 2 aromatic rings. The predicted molar refractivity (Wildman–Crippen MR) is 116 cm³/mol. The van der Waals surface area contributed by atoms with Crippen LogP contribution in [-0.4, -0.2) is 42.3 Å². The molecule has 0 saturated carbocycles. The molecule has 3 amide bonds. The molecule has 158 valence electrons. The molecule has 1 aliphatic rings. The van der Waals surface area contributed by atoms with Gasteiger partial charge in [0.1, 0.15) is 0 Å². The molecular weight excluding hydrogens is 425 g/mol. The number of hydrogen-bond donors (Lipinski definition) is 2. The molecule has 6 nitrogen and oxygen atoms in total. The maximum Gasteiger partial charge on any atom is 0.251 e. The van der Waals surface area contributed by atoms with E-state index >= 15 is 0 Å². The van der Waals surface area contributed by atoms with E-state index < -0.39 is 0 Å². The molecule has 0 bridgehead atoms. The number of nitrogens with one attached hydrogen (secondary N) is 2. The van der Waals surface area contributed by atoms with Crippen LogP contribution >= 0.6 is 23.2 Å². The second-order valence-corrected chi connectivity index (χ2v) is 8.02. The number of halogens is 2. The summed E-state index contributed by atoms with van der Waals surface area (Å²) in [4.78, 5) is 38.8. The molecule has 0 radical (unpaired) electrons. The zero-order valence-electron chi connectivity index (χ0n) is 16.4. The highest BCUT2D eigenvalue weighted by Gasteiger charge is 2.28. The van der Waals surface area contributed by atoms with Crippen molar-refractivity contribution in [3.8, 4) is 0 Å². The highest BCUT2D eigenvalue weighted by Crippen LogP contribution is 2.21. The van der Waals surface area contributed by atoms with Gasteiger partial charge in [-0.3, -0.25) is 14.4 Å². The standard InChI is InChI=1S/C22H23Cl2N3O3/c23-18-9-8-16(19(24)11-18)12-25-22(30)17-7-4-10-27(14-17)20(28)13-26-21(29)15-5-2-1-3-6-15/h1-3,5-6,8-9,11,17H,4,7,10,12-14H2,(H,25,30)(H,26,29)/t17-/m1/s1. The van der Waals surface area contributed by atoms with Gasteiger partial charge in [0.25, 0.3) is 5.91 Å². The highest BCUT2D eigenvalue weighted by atomic mass is 35.5. The zero-order chi connectivity index (χ0) is 21.5. The number of carbonyl (C=O) groups is 3. The fraction of sp³-hybridized carbons (Fsp3) is 0.318. The first-order chi connectivity index (χ1) is 14.4. The summed E-state index contributed by atoms with van der Waals surface area (Å²) in [5, 5.41) is 6.56. The minimum absolute atomic E-state index is 0.0948. The lowest BCUT2D eigenvalue weighted by atomic mass is 9.97. The average molecular weight is 448 g/mol. The Kier molecular flexibility index (Phi) is 7.71. The van der Waals surface area contributed by atoms with Crippen LogP contribution in [0.25, 0.3) is 0 Å². The number of carbonyl (C=O) groups excluding carboxylic acids is 3. The molecule has 2 aromatic carbocycles. The van der Waals surface area contributed by atoms with E-state index in [2.05, 4.69) is 10.6 Å². The number of amides is 3. The van der Waals surface area contributed by atoms with Crippen molar-refractivity contribution in [1.82, 2.24) is 15.5 Å². The zero-order valence-corrected chi connectivity index (χ0v) is 17.9. The molecule has 0 aromatic heterocycles. The molecule has 30 heavy (non-hydrogen) atoms. The molecule has 0 aliphatic carbocycles. The van der Waals surface area contributed by atoms with Crippen LogP contribution in [0.4, 0.5) is 0 Å². The normalized spacial score (nSPS) is 16.1. The van der Waals surface area contributed by atoms with Crippen LogP contribution in [0.15, 0.2) is 48.5 Å². The first kappa shape index (κ1) is 22.1. The molecule has 0 unspecified atom stereocenters. The van der Waals surface area contributed by atoms with Gasteiger partial charge in [-0.1, -0.05) is 47.5 Å². The number of likely N-dealkylation sites (tertiary alicyclic amines) is 1. The van der Waals surface area contributed by atoms with Crippen molar-refractivity contribution in [3.05, 3.63) is 69.7 Å². The van der Waals surface area contributed by atoms with Gasteiger partial charge in [0.2, 0.25) is 11.8 Å². The first-order valence-electron chi connectivity index (χ1n) is 9.76. The predicted octanol–water partition coefficient (Wildman–Crippen LogP) is 3.28. The number of hydrogen-bond acceptors (Lipinski definition) is 3. The monoisotopic (exact) mass is 447 g/mol. The van der Waals surface area contributed by atoms with Crippen molar-refractivity contribution in [2.75, 3.05) is 19.6 Å². The molecule has 1 aliphatic heterocycles. The Hall–Kier alpha value is -2.57. The van der Waals surface area contributed by atoms with Crippen molar-refractivity contribution in [3.63, 3.8) is 0 Å². The van der Waals surface area contributed by atoms with Gasteiger partial charge >= 0.3 is 0 Å². The SMILES string of the molecule is O=C(NCC(=O)N1CCC[C@@H](C(=O)NCc2ccc(Cl)cc2Cl)C1)c1ccccc1. The van der Waals surface area contributed by atoms with Crippen LogP contribution in [0.5, 0.6) is 0 Å². The van der Waals surface area contributed by atoms with Crippen molar-refractivity contribution in [1.29, 1.82) is 0 Å². The number of rotatable bonds is 6. The average Bonchev–Trinajstić information content (AvgIpc) is 2.77. The smallest absolute Gasteiger partial charge is 0.251 e. The summed E-state index contributed by atoms with van der Waals surface area (Å²) in [6.07, 6.45) is 1.44. The van der Waals surface area contributed by atoms with Crippen molar-refractivity contribution < 1.29 is 14.4 Å². The minimum Gasteiger partial charge on any atom is -0.352 e. The molecule has 1 saturated heterocycles. The summed E-state index contributed by atoms with van der Waals surface area (Å²) in [7, 11) is 0. The maximum absolute atomic E-state index is 12.6. The Bertz CT molecular complexity index is 921. The number of piperidine rings is 1. The quantitative estimate of drug-likeness (QED) is 0.712. The number of nitrogens with zero attached hydrogens (tertiary/aromatic N) is 1. The fourth-order valence-electron chi connectivity index (χ4n) is 3.37. The van der Waals surface area contributed by atoms with E-state index in [4.69, 9.17) is 23.2 Å². The highest BCUT2D eigenvalue weighted by molar-refractivity contribution is 6.35. The van der Waals surface area contributed by atoms with E-state index in [-0.39, 0.29) is 30.2 Å². The third-order valence-corrected chi connectivity index (χ3v) is 5.64. The van der Waals surface area contributed by atoms with Crippen molar-refractivity contribution >= 4 is 40.9 Å². The lowest BCUT2D eigenvalue weighted by molar-refractivity contribution is -0.135. The van der Waals surface area contributed by atoms with Gasteiger partial charge in [-0.05, 0) is 42.7 Å². The van der Waals surface area contributed by atoms with Gasteiger partial charge in [0.05, 0.1) is 12.5 Å². The van der Waals surface area contributed by atoms with E-state index in [0.717, 1.165) is 12.0 Å². The Labute approximate surface area is 185 Å². The van der Waals surface area contributed by atoms with Crippen LogP contribution < -0.4 is 10.6 Å². The van der Waals surface area contributed by atoms with E-state index in [1.54, 1.807) is 47.4 Å². The third kappa shape index (κ3) is 5.97. The van der Waals surface area contributed by atoms with Gasteiger partial charge in [0, 0.05) is 35.2 Å². The lowest BCUT2D eigenvalue weighted by Gasteiger charge is -2.32. The van der Waals surface area contributed by atoms with Crippen molar-refractivity contribution in [2.24, 2.45) is 5.92 Å². The molecule has 8 heteroatoms. The van der Waals surface area contributed by atoms with E-state index in [1.165, 1.54) is 0 Å². The Morgan fingerprint density at radius 3 is 2.53 bits per heavy atom. The molecule has 1 atom stereocenters. The Balaban J connectivity index is 1.48. The van der Waals surface area contributed by atoms with Crippen LogP contribution in [-0.2, 0) is 16.1 Å². The second-order valence-electron chi connectivity index (χ2n) is 7.18. The maximum atomic E-state index is 12.6. The summed E-state index contributed by atoms with van der Waals surface area (Å²) in [6.45, 7) is 1.11. The van der Waals surface area contributed by atoms with Gasteiger partial charge in [0.15, 0.2) is 0 Å². The van der Waals surface area contributed by atoms with Crippen LogP contribution in [0.1, 0.15) is 28.8 Å². The molecule has 1 heterocycles. The number of benzene rings is 2. The largest absolute Gasteiger partial charge is 0.352 e. The molecular formula is C22H23Cl2N3O3. The molecule has 2 N–H and O–H groups in total. The van der Waals surface area contributed by atoms with E-state index in [9.17, 15) is 14.4 Å². The Morgan fingerprint density at radius 2 is 1.80 bits per heavy atom. The minimum atomic E-state index is -0.296. The topological polar surface area (TPSA) is 78.5 Å². The third-order valence-electron chi connectivity index (χ3n) is 5.05. The van der Waals surface area contributed by atoms with Crippen LogP contribution in [0.2, 0.25) is 10.0 Å². The Morgan fingerprint density at radius 1 is 1.03 bits per heavy atom. The molecule has 3 rings (SSSR count). The summed E-state index contributed by atoms with van der Waals surface area (Å²) in [6, 6.07) is 13.9. The van der Waals surface area contributed by atoms with Gasteiger partial charge in [-0.2, -0.15) is 0 Å². The fourth-order valence-corrected chi connectivity index (χ4v) is 3.84. The van der Waals surface area contributed by atoms with Gasteiger partial charge in [-0.15, -0.1) is 0 Å². The van der Waals surface area contributed by atoms with E-state index in [1.807, 2.05) is 6.07 Å². The summed E-state index contributed by atoms with van der Waals surface area (Å²) < 4.78 is 0. The molecule has 1 fully saturated rings. The lowest BCUT2D eigenvalue weighted by Crippen LogP contribution is -2.48. The van der Waals surface area contributed by atoms with Crippen LogP contribution in [0.3, 0.4) is 0 Å². The van der Waals surface area contributed by atoms with Crippen LogP contribution in [0, 0.1) is 5.92 Å². The summed E-state index contributed by atoms with van der Waals surface area (Å²) in [5.74, 6) is -0.905. The first-order valence-corrected chi connectivity index (χ1v) is 10.5. The van der Waals surface area contributed by atoms with Gasteiger partial charge in [-0.25, -0.2) is 0 Å². The van der Waals surface area contributed by atoms with Crippen molar-refractivity contribution in [2.45, 2.75) is 19.4 Å². The van der Waals surface area contributed by atoms with E-state index in [0.29, 0.717) is 41.7 Å². The molecule has 0 spiro atoms.